The summed E-state index contributed by atoms with van der Waals surface area (Å²) in [5.41, 5.74) is 2.50. The first-order valence-corrected chi connectivity index (χ1v) is 6.75. The van der Waals surface area contributed by atoms with Crippen LogP contribution in [0, 0.1) is 0 Å². The van der Waals surface area contributed by atoms with Crippen LogP contribution in [-0.2, 0) is 0 Å². The number of nitrogens with zero attached hydrogens (tertiary/aromatic N) is 2. The van der Waals surface area contributed by atoms with E-state index in [1.165, 1.54) is 32.6 Å². The summed E-state index contributed by atoms with van der Waals surface area (Å²) >= 11 is 2.36. The largest absolute Gasteiger partial charge is 0.282 e. The van der Waals surface area contributed by atoms with Crippen LogP contribution in [0.15, 0.2) is 54.9 Å². The van der Waals surface area contributed by atoms with Gasteiger partial charge in [0.25, 0.3) is 0 Å². The third-order valence-corrected chi connectivity index (χ3v) is 4.44. The molecular formula is C15H9IN2. The van der Waals surface area contributed by atoms with Crippen molar-refractivity contribution in [3.63, 3.8) is 0 Å². The number of pyridine rings is 1. The molecule has 0 fully saturated rings. The summed E-state index contributed by atoms with van der Waals surface area (Å²) in [5, 5.41) is 5.05. The molecule has 2 aromatic heterocycles. The van der Waals surface area contributed by atoms with Crippen molar-refractivity contribution < 1.29 is 0 Å². The van der Waals surface area contributed by atoms with Gasteiger partial charge < -0.3 is 0 Å². The molecule has 0 saturated carbocycles. The number of aromatic nitrogens is 2. The lowest BCUT2D eigenvalue weighted by Crippen LogP contribution is -1.79. The van der Waals surface area contributed by atoms with Gasteiger partial charge in [-0.1, -0.05) is 24.3 Å². The van der Waals surface area contributed by atoms with Crippen molar-refractivity contribution in [2.24, 2.45) is 0 Å². The Balaban J connectivity index is 2.41. The summed E-state index contributed by atoms with van der Waals surface area (Å²) in [5.74, 6) is 0. The number of hydrogen-bond acceptors (Lipinski definition) is 1. The quantitative estimate of drug-likeness (QED) is 0.428. The molecule has 18 heavy (non-hydrogen) atoms. The van der Waals surface area contributed by atoms with Gasteiger partial charge in [-0.3, -0.25) is 7.76 Å². The maximum atomic E-state index is 4.27. The highest BCUT2D eigenvalue weighted by atomic mass is 127. The Morgan fingerprint density at radius 3 is 2.72 bits per heavy atom. The predicted molar refractivity (Wildman–Crippen MR) is 84.2 cm³/mol. The zero-order chi connectivity index (χ0) is 12.1. The molecular weight excluding hydrogens is 335 g/mol. The first-order chi connectivity index (χ1) is 8.86. The Hall–Kier alpha value is -1.62. The summed E-state index contributed by atoms with van der Waals surface area (Å²) in [4.78, 5) is 4.27. The van der Waals surface area contributed by atoms with E-state index in [-0.39, 0.29) is 0 Å². The van der Waals surface area contributed by atoms with Crippen LogP contribution in [0.25, 0.3) is 32.6 Å². The van der Waals surface area contributed by atoms with Gasteiger partial charge in [0.1, 0.15) is 0 Å². The highest BCUT2D eigenvalue weighted by Crippen LogP contribution is 2.35. The van der Waals surface area contributed by atoms with Crippen LogP contribution in [0.3, 0.4) is 0 Å². The zero-order valence-corrected chi connectivity index (χ0v) is 11.6. The molecule has 0 saturated heterocycles. The van der Waals surface area contributed by atoms with Crippen LogP contribution in [-0.4, -0.2) is 7.76 Å². The summed E-state index contributed by atoms with van der Waals surface area (Å²) in [7, 11) is 0. The van der Waals surface area contributed by atoms with E-state index in [0.717, 1.165) is 0 Å². The average Bonchev–Trinajstić information content (AvgIpc) is 2.73. The molecule has 2 aromatic carbocycles. The lowest BCUT2D eigenvalue weighted by atomic mass is 10.1. The van der Waals surface area contributed by atoms with Crippen molar-refractivity contribution in [3.05, 3.63) is 54.9 Å². The molecule has 0 aliphatic rings. The fourth-order valence-corrected chi connectivity index (χ4v) is 3.40. The monoisotopic (exact) mass is 344 g/mol. The topological polar surface area (TPSA) is 17.8 Å². The Morgan fingerprint density at radius 2 is 1.78 bits per heavy atom. The van der Waals surface area contributed by atoms with Gasteiger partial charge in [0.05, 0.1) is 33.9 Å². The Bertz CT molecular complexity index is 893. The van der Waals surface area contributed by atoms with Crippen LogP contribution in [0.1, 0.15) is 0 Å². The summed E-state index contributed by atoms with van der Waals surface area (Å²) in [6.45, 7) is 0. The first-order valence-electron chi connectivity index (χ1n) is 5.78. The number of benzene rings is 2. The van der Waals surface area contributed by atoms with Crippen LogP contribution in [0.2, 0.25) is 0 Å². The molecule has 0 bridgehead atoms. The fraction of sp³-hybridized carbons (Fsp3) is 0. The van der Waals surface area contributed by atoms with Gasteiger partial charge in [-0.2, -0.15) is 0 Å². The van der Waals surface area contributed by atoms with Gasteiger partial charge in [-0.05, 0) is 23.6 Å². The van der Waals surface area contributed by atoms with E-state index in [0.29, 0.717) is 0 Å². The summed E-state index contributed by atoms with van der Waals surface area (Å²) < 4.78 is 2.22. The average molecular weight is 344 g/mol. The van der Waals surface area contributed by atoms with Gasteiger partial charge in [-0.15, -0.1) is 0 Å². The van der Waals surface area contributed by atoms with Gasteiger partial charge in [0, 0.05) is 28.6 Å². The van der Waals surface area contributed by atoms with E-state index in [1.807, 2.05) is 12.4 Å². The normalized spacial score (nSPS) is 11.6. The minimum Gasteiger partial charge on any atom is -0.282 e. The third kappa shape index (κ3) is 1.25. The third-order valence-electron chi connectivity index (χ3n) is 3.40. The van der Waals surface area contributed by atoms with E-state index < -0.39 is 0 Å². The standard InChI is InChI=1S/C15H9IN2/c16-18-13-4-2-1-3-11(13)15-12-9-17-8-7-10(12)5-6-14(15)18/h1-9H. The van der Waals surface area contributed by atoms with E-state index >= 15 is 0 Å². The number of para-hydroxylation sites is 1. The van der Waals surface area contributed by atoms with Gasteiger partial charge in [0.15, 0.2) is 0 Å². The molecule has 2 nitrogen and oxygen atoms in total. The maximum absolute atomic E-state index is 4.27. The lowest BCUT2D eigenvalue weighted by Gasteiger charge is -1.99. The van der Waals surface area contributed by atoms with Crippen LogP contribution >= 0.6 is 22.9 Å². The smallest absolute Gasteiger partial charge is 0.0646 e. The van der Waals surface area contributed by atoms with Crippen LogP contribution < -0.4 is 0 Å². The zero-order valence-electron chi connectivity index (χ0n) is 9.47. The number of fused-ring (bicyclic) bond motifs is 5. The van der Waals surface area contributed by atoms with Crippen molar-refractivity contribution >= 4 is 55.4 Å². The molecule has 3 heteroatoms. The molecule has 4 aromatic rings. The van der Waals surface area contributed by atoms with Crippen molar-refractivity contribution in [1.82, 2.24) is 7.76 Å². The van der Waals surface area contributed by atoms with E-state index in [2.05, 4.69) is 73.1 Å². The second-order valence-electron chi connectivity index (χ2n) is 4.35. The molecule has 86 valence electrons. The second kappa shape index (κ2) is 3.68. The molecule has 0 amide bonds. The number of rotatable bonds is 0. The van der Waals surface area contributed by atoms with E-state index in [1.54, 1.807) is 0 Å². The molecule has 0 unspecified atom stereocenters. The lowest BCUT2D eigenvalue weighted by molar-refractivity contribution is 1.37. The van der Waals surface area contributed by atoms with Gasteiger partial charge in [0.2, 0.25) is 0 Å². The minimum atomic E-state index is 1.22. The van der Waals surface area contributed by atoms with Crippen molar-refractivity contribution in [1.29, 1.82) is 0 Å². The van der Waals surface area contributed by atoms with Crippen molar-refractivity contribution in [3.8, 4) is 0 Å². The Morgan fingerprint density at radius 1 is 0.889 bits per heavy atom. The number of halogens is 1. The Kier molecular flexibility index (Phi) is 2.11. The molecule has 2 heterocycles. The maximum Gasteiger partial charge on any atom is 0.0646 e. The van der Waals surface area contributed by atoms with Crippen LogP contribution in [0.4, 0.5) is 0 Å². The molecule has 0 aliphatic heterocycles. The van der Waals surface area contributed by atoms with Gasteiger partial charge in [-0.25, -0.2) is 0 Å². The van der Waals surface area contributed by atoms with E-state index in [9.17, 15) is 0 Å². The second-order valence-corrected chi connectivity index (χ2v) is 5.32. The molecule has 0 spiro atoms. The highest BCUT2D eigenvalue weighted by molar-refractivity contribution is 14.1. The van der Waals surface area contributed by atoms with Crippen LogP contribution in [0.5, 0.6) is 0 Å². The fourth-order valence-electron chi connectivity index (χ4n) is 2.58. The molecule has 0 atom stereocenters. The van der Waals surface area contributed by atoms with Crippen molar-refractivity contribution in [2.75, 3.05) is 0 Å². The molecule has 4 rings (SSSR count). The SMILES string of the molecule is In1c2ccccc2c2c3cnccc3ccc21. The van der Waals surface area contributed by atoms with E-state index in [4.69, 9.17) is 0 Å². The molecule has 0 radical (unpaired) electrons. The summed E-state index contributed by atoms with van der Waals surface area (Å²) in [6, 6.07) is 14.9. The Labute approximate surface area is 118 Å². The molecule has 0 aliphatic carbocycles. The predicted octanol–water partition coefficient (Wildman–Crippen LogP) is 4.54. The minimum absolute atomic E-state index is 1.22. The highest BCUT2D eigenvalue weighted by Gasteiger charge is 2.11. The number of hydrogen-bond donors (Lipinski definition) is 0. The summed E-state index contributed by atoms with van der Waals surface area (Å²) in [6.07, 6.45) is 3.80. The molecule has 0 N–H and O–H groups in total. The first kappa shape index (κ1) is 10.3. The van der Waals surface area contributed by atoms with Gasteiger partial charge >= 0.3 is 0 Å². The van der Waals surface area contributed by atoms with Crippen molar-refractivity contribution in [2.45, 2.75) is 0 Å².